The summed E-state index contributed by atoms with van der Waals surface area (Å²) in [7, 11) is 0. The van der Waals surface area contributed by atoms with Crippen molar-refractivity contribution in [3.63, 3.8) is 0 Å². The lowest BCUT2D eigenvalue weighted by Gasteiger charge is -2.23. The van der Waals surface area contributed by atoms with Gasteiger partial charge in [-0.3, -0.25) is 4.98 Å². The van der Waals surface area contributed by atoms with Crippen molar-refractivity contribution in [2.45, 2.75) is 31.6 Å². The topological polar surface area (TPSA) is 12.9 Å². The number of rotatable bonds is 1. The Balaban J connectivity index is 2.12. The van der Waals surface area contributed by atoms with Crippen LogP contribution in [0.4, 0.5) is 4.39 Å². The average molecular weight is 228 g/mol. The molecule has 1 aromatic heterocycles. The molecule has 1 fully saturated rings. The molecule has 2 heteroatoms. The number of hydrogen-bond donors (Lipinski definition) is 0. The SMILES string of the molecule is Fc1ccc(C2CC[CH]CC2)c2cccnc12. The van der Waals surface area contributed by atoms with Crippen molar-refractivity contribution in [3.8, 4) is 0 Å². The minimum Gasteiger partial charge on any atom is -0.253 e. The lowest BCUT2D eigenvalue weighted by atomic mass is 9.82. The molecular formula is C15H15FN. The predicted molar refractivity (Wildman–Crippen MR) is 67.2 cm³/mol. The van der Waals surface area contributed by atoms with Crippen molar-refractivity contribution in [1.29, 1.82) is 0 Å². The van der Waals surface area contributed by atoms with Crippen LogP contribution in [0.25, 0.3) is 10.9 Å². The number of halogens is 1. The van der Waals surface area contributed by atoms with Gasteiger partial charge < -0.3 is 0 Å². The van der Waals surface area contributed by atoms with E-state index in [1.807, 2.05) is 18.2 Å². The number of fused-ring (bicyclic) bond motifs is 1. The van der Waals surface area contributed by atoms with Crippen LogP contribution in [0.1, 0.15) is 37.2 Å². The van der Waals surface area contributed by atoms with E-state index in [9.17, 15) is 4.39 Å². The second-order valence-corrected chi connectivity index (χ2v) is 4.68. The third kappa shape index (κ3) is 1.92. The Kier molecular flexibility index (Phi) is 2.79. The van der Waals surface area contributed by atoms with Crippen molar-refractivity contribution in [2.75, 3.05) is 0 Å². The van der Waals surface area contributed by atoms with Crippen molar-refractivity contribution in [3.05, 3.63) is 48.3 Å². The van der Waals surface area contributed by atoms with Crippen LogP contribution in [0.3, 0.4) is 0 Å². The first-order chi connectivity index (χ1) is 8.36. The standard InChI is InChI=1S/C15H15FN/c16-14-9-8-12(11-5-2-1-3-6-11)13-7-4-10-17-15(13)14/h1,4,7-11H,2-3,5-6H2. The largest absolute Gasteiger partial charge is 0.253 e. The van der Waals surface area contributed by atoms with Crippen LogP contribution in [0.2, 0.25) is 0 Å². The molecule has 0 atom stereocenters. The van der Waals surface area contributed by atoms with Gasteiger partial charge in [-0.1, -0.05) is 12.1 Å². The average Bonchev–Trinajstić information content (AvgIpc) is 2.41. The summed E-state index contributed by atoms with van der Waals surface area (Å²) in [4.78, 5) is 4.15. The predicted octanol–water partition coefficient (Wildman–Crippen LogP) is 4.24. The highest BCUT2D eigenvalue weighted by molar-refractivity contribution is 5.83. The van der Waals surface area contributed by atoms with Crippen molar-refractivity contribution in [2.24, 2.45) is 0 Å². The third-order valence-electron chi connectivity index (χ3n) is 3.63. The summed E-state index contributed by atoms with van der Waals surface area (Å²) in [6, 6.07) is 7.37. The van der Waals surface area contributed by atoms with Crippen LogP contribution < -0.4 is 0 Å². The second kappa shape index (κ2) is 4.44. The van der Waals surface area contributed by atoms with Gasteiger partial charge in [-0.25, -0.2) is 4.39 Å². The van der Waals surface area contributed by atoms with Gasteiger partial charge in [0.15, 0.2) is 0 Å². The van der Waals surface area contributed by atoms with Crippen LogP contribution in [0.15, 0.2) is 30.5 Å². The summed E-state index contributed by atoms with van der Waals surface area (Å²) in [5, 5.41) is 0.986. The number of nitrogens with zero attached hydrogens (tertiary/aromatic N) is 1. The minimum atomic E-state index is -0.216. The van der Waals surface area contributed by atoms with Gasteiger partial charge in [0, 0.05) is 11.6 Å². The Hall–Kier alpha value is -1.44. The van der Waals surface area contributed by atoms with Gasteiger partial charge in [-0.2, -0.15) is 0 Å². The fraction of sp³-hybridized carbons (Fsp3) is 0.333. The van der Waals surface area contributed by atoms with E-state index in [2.05, 4.69) is 11.4 Å². The van der Waals surface area contributed by atoms with Gasteiger partial charge in [0.2, 0.25) is 0 Å². The number of pyridine rings is 1. The van der Waals surface area contributed by atoms with E-state index in [-0.39, 0.29) is 5.82 Å². The Bertz CT molecular complexity index is 529. The molecule has 0 aliphatic heterocycles. The molecule has 0 bridgehead atoms. The molecule has 1 radical (unpaired) electrons. The third-order valence-corrected chi connectivity index (χ3v) is 3.63. The monoisotopic (exact) mass is 228 g/mol. The number of benzene rings is 1. The van der Waals surface area contributed by atoms with Crippen LogP contribution in [0, 0.1) is 12.2 Å². The van der Waals surface area contributed by atoms with E-state index in [0.29, 0.717) is 11.4 Å². The molecule has 1 aliphatic carbocycles. The molecule has 17 heavy (non-hydrogen) atoms. The summed E-state index contributed by atoms with van der Waals surface area (Å²) < 4.78 is 13.7. The fourth-order valence-corrected chi connectivity index (χ4v) is 2.75. The van der Waals surface area contributed by atoms with Gasteiger partial charge in [-0.15, -0.1) is 0 Å². The van der Waals surface area contributed by atoms with Gasteiger partial charge in [0.25, 0.3) is 0 Å². The zero-order valence-electron chi connectivity index (χ0n) is 9.70. The van der Waals surface area contributed by atoms with Gasteiger partial charge in [0.05, 0.1) is 0 Å². The lowest BCUT2D eigenvalue weighted by molar-refractivity contribution is 0.513. The molecule has 1 saturated carbocycles. The normalized spacial score (nSPS) is 17.5. The van der Waals surface area contributed by atoms with Gasteiger partial charge in [-0.05, 0) is 55.7 Å². The van der Waals surface area contributed by atoms with Crippen molar-refractivity contribution in [1.82, 2.24) is 4.98 Å². The molecule has 0 unspecified atom stereocenters. The maximum Gasteiger partial charge on any atom is 0.149 e. The second-order valence-electron chi connectivity index (χ2n) is 4.68. The van der Waals surface area contributed by atoms with E-state index < -0.39 is 0 Å². The molecule has 2 aromatic rings. The molecule has 0 spiro atoms. The van der Waals surface area contributed by atoms with Gasteiger partial charge in [0.1, 0.15) is 11.3 Å². The summed E-state index contributed by atoms with van der Waals surface area (Å²) in [6.45, 7) is 0. The van der Waals surface area contributed by atoms with E-state index in [0.717, 1.165) is 5.39 Å². The van der Waals surface area contributed by atoms with Crippen LogP contribution in [0.5, 0.6) is 0 Å². The summed E-state index contributed by atoms with van der Waals surface area (Å²) >= 11 is 0. The molecule has 0 N–H and O–H groups in total. The Labute approximate surface area is 101 Å². The molecule has 1 aliphatic rings. The molecule has 0 amide bonds. The molecule has 87 valence electrons. The highest BCUT2D eigenvalue weighted by Gasteiger charge is 2.18. The Morgan fingerprint density at radius 3 is 2.76 bits per heavy atom. The first kappa shape index (κ1) is 10.7. The van der Waals surface area contributed by atoms with Crippen LogP contribution >= 0.6 is 0 Å². The molecule has 1 aromatic carbocycles. The minimum absolute atomic E-state index is 0.216. The first-order valence-corrected chi connectivity index (χ1v) is 6.21. The van der Waals surface area contributed by atoms with E-state index in [4.69, 9.17) is 0 Å². The lowest BCUT2D eigenvalue weighted by Crippen LogP contribution is -2.06. The summed E-state index contributed by atoms with van der Waals surface area (Å²) in [5.41, 5.74) is 1.78. The molecule has 1 nitrogen and oxygen atoms in total. The summed E-state index contributed by atoms with van der Waals surface area (Å²) in [5.74, 6) is 0.346. The zero-order valence-corrected chi connectivity index (χ0v) is 9.70. The summed E-state index contributed by atoms with van der Waals surface area (Å²) in [6.07, 6.45) is 8.70. The molecular weight excluding hydrogens is 213 g/mol. The molecule has 0 saturated heterocycles. The molecule has 1 heterocycles. The van der Waals surface area contributed by atoms with E-state index in [1.165, 1.54) is 31.2 Å². The fourth-order valence-electron chi connectivity index (χ4n) is 2.75. The van der Waals surface area contributed by atoms with E-state index >= 15 is 0 Å². The maximum atomic E-state index is 13.7. The van der Waals surface area contributed by atoms with Crippen molar-refractivity contribution >= 4 is 10.9 Å². The van der Waals surface area contributed by atoms with Crippen molar-refractivity contribution < 1.29 is 4.39 Å². The Morgan fingerprint density at radius 2 is 1.94 bits per heavy atom. The highest BCUT2D eigenvalue weighted by Crippen LogP contribution is 2.36. The van der Waals surface area contributed by atoms with Gasteiger partial charge >= 0.3 is 0 Å². The van der Waals surface area contributed by atoms with Crippen LogP contribution in [-0.2, 0) is 0 Å². The smallest absolute Gasteiger partial charge is 0.149 e. The number of aromatic nitrogens is 1. The Morgan fingerprint density at radius 1 is 1.12 bits per heavy atom. The molecule has 3 rings (SSSR count). The quantitative estimate of drug-likeness (QED) is 0.711. The number of hydrogen-bond acceptors (Lipinski definition) is 1. The maximum absolute atomic E-state index is 13.7. The highest BCUT2D eigenvalue weighted by atomic mass is 19.1. The first-order valence-electron chi connectivity index (χ1n) is 6.21. The van der Waals surface area contributed by atoms with Crippen LogP contribution in [-0.4, -0.2) is 4.98 Å². The van der Waals surface area contributed by atoms with E-state index in [1.54, 1.807) is 12.3 Å². The zero-order chi connectivity index (χ0) is 11.7.